The van der Waals surface area contributed by atoms with Crippen LogP contribution in [-0.2, 0) is 6.54 Å². The molecule has 0 saturated carbocycles. The zero-order valence-electron chi connectivity index (χ0n) is 11.2. The van der Waals surface area contributed by atoms with Crippen molar-refractivity contribution in [1.82, 2.24) is 19.7 Å². The van der Waals surface area contributed by atoms with E-state index < -0.39 is 11.8 Å². The average Bonchev–Trinajstić information content (AvgIpc) is 2.84. The summed E-state index contributed by atoms with van der Waals surface area (Å²) < 4.78 is 15.9. The molecule has 1 aromatic carbocycles. The fourth-order valence-electron chi connectivity index (χ4n) is 1.76. The first kappa shape index (κ1) is 16.0. The molecule has 1 amide bonds. The molecule has 0 saturated heterocycles. The lowest BCUT2D eigenvalue weighted by Gasteiger charge is -2.05. The van der Waals surface area contributed by atoms with Crippen LogP contribution in [0.1, 0.15) is 0 Å². The Morgan fingerprint density at radius 2 is 2.27 bits per heavy atom. The minimum Gasteiger partial charge on any atom is -0.465 e. The third-order valence-corrected chi connectivity index (χ3v) is 3.29. The van der Waals surface area contributed by atoms with Gasteiger partial charge in [-0.3, -0.25) is 0 Å². The fraction of sp³-hybridized carbons (Fsp3) is 0.154. The Hall–Kier alpha value is -2.42. The van der Waals surface area contributed by atoms with Crippen LogP contribution in [0.5, 0.6) is 0 Å². The average molecular weight is 371 g/mol. The summed E-state index contributed by atoms with van der Waals surface area (Å²) in [6, 6.07) is 7.06. The number of carboxylic acid groups (broad SMARTS) is 1. The van der Waals surface area contributed by atoms with Gasteiger partial charge in [-0.2, -0.15) is 5.10 Å². The van der Waals surface area contributed by atoms with E-state index in [0.29, 0.717) is 5.69 Å². The van der Waals surface area contributed by atoms with Crippen LogP contribution in [0.2, 0.25) is 0 Å². The Labute approximate surface area is 132 Å². The van der Waals surface area contributed by atoms with Crippen LogP contribution in [0.3, 0.4) is 0 Å². The number of halogens is 2. The maximum absolute atomic E-state index is 12.8. The van der Waals surface area contributed by atoms with E-state index in [0.717, 1.165) is 9.15 Å². The predicted octanol–water partition coefficient (Wildman–Crippen LogP) is 1.92. The van der Waals surface area contributed by atoms with Crippen LogP contribution in [-0.4, -0.2) is 32.1 Å². The van der Waals surface area contributed by atoms with Crippen molar-refractivity contribution < 1.29 is 14.3 Å². The first-order chi connectivity index (χ1) is 10.5. The van der Waals surface area contributed by atoms with Gasteiger partial charge in [0, 0.05) is 11.0 Å². The third kappa shape index (κ3) is 3.82. The number of nitrogens with zero attached hydrogens (tertiary/aromatic N) is 3. The van der Waals surface area contributed by atoms with Gasteiger partial charge in [-0.05, 0) is 23.8 Å². The molecule has 0 aliphatic heterocycles. The van der Waals surface area contributed by atoms with Gasteiger partial charge >= 0.3 is 11.8 Å². The van der Waals surface area contributed by atoms with Crippen LogP contribution in [0.15, 0.2) is 51.8 Å². The summed E-state index contributed by atoms with van der Waals surface area (Å²) in [7, 11) is 0. The fourth-order valence-corrected chi connectivity index (χ4v) is 2.15. The minimum absolute atomic E-state index is 0.0870. The molecule has 9 heteroatoms. The van der Waals surface area contributed by atoms with Crippen molar-refractivity contribution in [2.45, 2.75) is 6.54 Å². The quantitative estimate of drug-likeness (QED) is 0.841. The monoisotopic (exact) mass is 370 g/mol. The topological polar surface area (TPSA) is 89.2 Å². The summed E-state index contributed by atoms with van der Waals surface area (Å²) in [6.07, 6.45) is 0.316. The van der Waals surface area contributed by atoms with Crippen LogP contribution < -0.4 is 11.0 Å². The Morgan fingerprint density at radius 1 is 1.50 bits per heavy atom. The van der Waals surface area contributed by atoms with E-state index in [1.54, 1.807) is 18.2 Å². The molecule has 2 N–H and O–H groups in total. The van der Waals surface area contributed by atoms with E-state index in [2.05, 4.69) is 21.0 Å². The maximum Gasteiger partial charge on any atom is 0.404 e. The number of benzene rings is 1. The predicted molar refractivity (Wildman–Crippen MR) is 80.7 cm³/mol. The molecule has 2 rings (SSSR count). The van der Waals surface area contributed by atoms with Crippen molar-refractivity contribution >= 4 is 22.0 Å². The smallest absolute Gasteiger partial charge is 0.404 e. The van der Waals surface area contributed by atoms with Crippen molar-refractivity contribution in [3.05, 3.63) is 57.5 Å². The summed E-state index contributed by atoms with van der Waals surface area (Å²) in [5, 5.41) is 14.4. The molecule has 0 atom stereocenters. The molecular weight excluding hydrogens is 359 g/mol. The molecule has 2 aromatic rings. The summed E-state index contributed by atoms with van der Waals surface area (Å²) >= 11 is 3.31. The van der Waals surface area contributed by atoms with E-state index in [1.165, 1.54) is 10.9 Å². The first-order valence-corrected chi connectivity index (χ1v) is 6.96. The van der Waals surface area contributed by atoms with Gasteiger partial charge in [0.15, 0.2) is 0 Å². The van der Waals surface area contributed by atoms with E-state index >= 15 is 0 Å². The molecule has 1 aromatic heterocycles. The number of aromatic nitrogens is 3. The SMILES string of the molecule is O=C(O)NC/C(=C/F)Cn1ncn(-c2cccc(Br)c2)c1=O. The lowest BCUT2D eigenvalue weighted by molar-refractivity contribution is 0.195. The highest BCUT2D eigenvalue weighted by Gasteiger charge is 2.10. The van der Waals surface area contributed by atoms with Gasteiger partial charge in [0.05, 0.1) is 18.6 Å². The zero-order chi connectivity index (χ0) is 16.1. The summed E-state index contributed by atoms with van der Waals surface area (Å²) in [5.41, 5.74) is 0.247. The van der Waals surface area contributed by atoms with Gasteiger partial charge in [0.25, 0.3) is 0 Å². The Morgan fingerprint density at radius 3 is 2.91 bits per heavy atom. The lowest BCUT2D eigenvalue weighted by atomic mass is 10.3. The van der Waals surface area contributed by atoms with Gasteiger partial charge < -0.3 is 10.4 Å². The molecule has 0 bridgehead atoms. The van der Waals surface area contributed by atoms with Crippen molar-refractivity contribution in [1.29, 1.82) is 0 Å². The Kier molecular flexibility index (Phi) is 5.10. The van der Waals surface area contributed by atoms with E-state index in [-0.39, 0.29) is 25.0 Å². The molecular formula is C13H12BrFN4O3. The number of rotatable bonds is 5. The van der Waals surface area contributed by atoms with E-state index in [1.807, 2.05) is 11.4 Å². The standard InChI is InChI=1S/C13H12BrFN4O3/c14-10-2-1-3-11(4-10)18-8-17-19(13(18)22)7-9(5-15)6-16-12(20)21/h1-5,8,16H,6-7H2,(H,20,21)/b9-5-. The molecule has 0 aliphatic carbocycles. The maximum atomic E-state index is 12.8. The number of nitrogens with one attached hydrogen (secondary N) is 1. The van der Waals surface area contributed by atoms with Crippen molar-refractivity contribution in [3.8, 4) is 5.69 Å². The second kappa shape index (κ2) is 7.03. The molecule has 7 nitrogen and oxygen atoms in total. The molecule has 0 aliphatic rings. The highest BCUT2D eigenvalue weighted by atomic mass is 79.9. The van der Waals surface area contributed by atoms with Crippen LogP contribution >= 0.6 is 15.9 Å². The number of amides is 1. The summed E-state index contributed by atoms with van der Waals surface area (Å²) in [5.74, 6) is 0. The molecule has 0 spiro atoms. The van der Waals surface area contributed by atoms with Gasteiger partial charge in [0.1, 0.15) is 6.33 Å². The zero-order valence-corrected chi connectivity index (χ0v) is 12.8. The molecule has 22 heavy (non-hydrogen) atoms. The second-order valence-corrected chi connectivity index (χ2v) is 5.26. The van der Waals surface area contributed by atoms with E-state index in [4.69, 9.17) is 5.11 Å². The highest BCUT2D eigenvalue weighted by molar-refractivity contribution is 9.10. The lowest BCUT2D eigenvalue weighted by Crippen LogP contribution is -2.29. The van der Waals surface area contributed by atoms with Crippen LogP contribution in [0.4, 0.5) is 9.18 Å². The Bertz CT molecular complexity index is 769. The molecule has 0 radical (unpaired) electrons. The largest absolute Gasteiger partial charge is 0.465 e. The molecule has 0 unspecified atom stereocenters. The van der Waals surface area contributed by atoms with Crippen molar-refractivity contribution in [2.75, 3.05) is 6.54 Å². The summed E-state index contributed by atoms with van der Waals surface area (Å²) in [4.78, 5) is 22.6. The third-order valence-electron chi connectivity index (χ3n) is 2.79. The molecule has 1 heterocycles. The van der Waals surface area contributed by atoms with Crippen molar-refractivity contribution in [3.63, 3.8) is 0 Å². The van der Waals surface area contributed by atoms with Crippen molar-refractivity contribution in [2.24, 2.45) is 0 Å². The number of hydrogen-bond acceptors (Lipinski definition) is 3. The van der Waals surface area contributed by atoms with Gasteiger partial charge in [-0.25, -0.2) is 23.2 Å². The number of carbonyl (C=O) groups is 1. The van der Waals surface area contributed by atoms with Gasteiger partial charge in [0.2, 0.25) is 0 Å². The summed E-state index contributed by atoms with van der Waals surface area (Å²) in [6.45, 7) is -0.362. The second-order valence-electron chi connectivity index (χ2n) is 4.35. The first-order valence-electron chi connectivity index (χ1n) is 6.16. The van der Waals surface area contributed by atoms with E-state index in [9.17, 15) is 14.0 Å². The van der Waals surface area contributed by atoms with Crippen LogP contribution in [0, 0.1) is 0 Å². The molecule has 0 fully saturated rings. The molecule has 116 valence electrons. The highest BCUT2D eigenvalue weighted by Crippen LogP contribution is 2.13. The Balaban J connectivity index is 2.21. The minimum atomic E-state index is -1.27. The van der Waals surface area contributed by atoms with Gasteiger partial charge in [-0.1, -0.05) is 22.0 Å². The van der Waals surface area contributed by atoms with Crippen LogP contribution in [0.25, 0.3) is 5.69 Å². The normalized spacial score (nSPS) is 11.5. The van der Waals surface area contributed by atoms with Gasteiger partial charge in [-0.15, -0.1) is 0 Å². The number of hydrogen-bond donors (Lipinski definition) is 2.